The molecule has 138 valence electrons. The van der Waals surface area contributed by atoms with Crippen molar-refractivity contribution >= 4 is 11.7 Å². The molecule has 2 N–H and O–H groups in total. The van der Waals surface area contributed by atoms with Crippen LogP contribution in [0.3, 0.4) is 0 Å². The third-order valence-corrected chi connectivity index (χ3v) is 3.75. The molecular weight excluding hydrogens is 357 g/mol. The molecule has 0 bridgehead atoms. The number of carbonyl (C=O) groups is 1. The predicted molar refractivity (Wildman–Crippen MR) is 93.9 cm³/mol. The van der Waals surface area contributed by atoms with Gasteiger partial charge in [0.05, 0.1) is 29.2 Å². The molecule has 27 heavy (non-hydrogen) atoms. The highest BCUT2D eigenvalue weighted by atomic mass is 19.4. The lowest BCUT2D eigenvalue weighted by atomic mass is 10.0. The van der Waals surface area contributed by atoms with Gasteiger partial charge in [-0.25, -0.2) is 4.79 Å². The second kappa shape index (κ2) is 7.86. The van der Waals surface area contributed by atoms with E-state index < -0.39 is 23.8 Å². The summed E-state index contributed by atoms with van der Waals surface area (Å²) < 4.78 is 38.4. The summed E-state index contributed by atoms with van der Waals surface area (Å²) in [6.45, 7) is 0. The predicted octanol–water partition coefficient (Wildman–Crippen LogP) is 4.41. The molecule has 8 heteroatoms. The van der Waals surface area contributed by atoms with E-state index in [4.69, 9.17) is 0 Å². The number of carbonyl (C=O) groups excluding carboxylic acids is 1. The van der Waals surface area contributed by atoms with Crippen molar-refractivity contribution in [2.24, 2.45) is 0 Å². The van der Waals surface area contributed by atoms with Crippen LogP contribution in [0.1, 0.15) is 22.9 Å². The maximum absolute atomic E-state index is 12.8. The van der Waals surface area contributed by atoms with Gasteiger partial charge in [0.25, 0.3) is 0 Å². The third kappa shape index (κ3) is 4.81. The van der Waals surface area contributed by atoms with E-state index in [0.29, 0.717) is 16.9 Å². The van der Waals surface area contributed by atoms with Gasteiger partial charge >= 0.3 is 12.2 Å². The summed E-state index contributed by atoms with van der Waals surface area (Å²) in [5, 5.41) is 5.36. The number of urea groups is 1. The van der Waals surface area contributed by atoms with Crippen molar-refractivity contribution in [2.45, 2.75) is 12.2 Å². The molecule has 2 amide bonds. The number of aromatic nitrogens is 2. The van der Waals surface area contributed by atoms with Crippen molar-refractivity contribution in [2.75, 3.05) is 5.32 Å². The Balaban J connectivity index is 1.84. The molecule has 0 radical (unpaired) electrons. The Morgan fingerprint density at radius 3 is 2.33 bits per heavy atom. The summed E-state index contributed by atoms with van der Waals surface area (Å²) in [7, 11) is 0. The Bertz CT molecular complexity index is 884. The van der Waals surface area contributed by atoms with Gasteiger partial charge in [0.1, 0.15) is 0 Å². The molecule has 2 aromatic heterocycles. The van der Waals surface area contributed by atoms with Crippen LogP contribution in [0, 0.1) is 0 Å². The largest absolute Gasteiger partial charge is 0.416 e. The van der Waals surface area contributed by atoms with Crippen LogP contribution in [0.15, 0.2) is 73.2 Å². The SMILES string of the molecule is O=C(Nc1cccnc1)N[C@@H](c1ccc(C(F)(F)F)cc1)c1ccccn1. The minimum absolute atomic E-state index is 0.475. The number of pyridine rings is 2. The Kier molecular flexibility index (Phi) is 5.35. The van der Waals surface area contributed by atoms with E-state index in [2.05, 4.69) is 20.6 Å². The standard InChI is InChI=1S/C19H15F3N4O/c20-19(21,22)14-8-6-13(7-9-14)17(16-5-1-2-11-24-16)26-18(27)25-15-4-3-10-23-12-15/h1-12,17H,(H2,25,26,27)/t17-/m0/s1. The van der Waals surface area contributed by atoms with Gasteiger partial charge in [-0.2, -0.15) is 13.2 Å². The number of alkyl halides is 3. The lowest BCUT2D eigenvalue weighted by Gasteiger charge is -2.20. The van der Waals surface area contributed by atoms with E-state index in [9.17, 15) is 18.0 Å². The van der Waals surface area contributed by atoms with Gasteiger partial charge < -0.3 is 10.6 Å². The van der Waals surface area contributed by atoms with E-state index in [1.54, 1.807) is 42.7 Å². The van der Waals surface area contributed by atoms with Crippen molar-refractivity contribution < 1.29 is 18.0 Å². The molecule has 0 fully saturated rings. The Morgan fingerprint density at radius 1 is 0.963 bits per heavy atom. The fourth-order valence-electron chi connectivity index (χ4n) is 2.47. The van der Waals surface area contributed by atoms with Gasteiger partial charge in [-0.3, -0.25) is 9.97 Å². The molecule has 0 saturated carbocycles. The number of benzene rings is 1. The van der Waals surface area contributed by atoms with E-state index in [-0.39, 0.29) is 0 Å². The highest BCUT2D eigenvalue weighted by molar-refractivity contribution is 5.89. The van der Waals surface area contributed by atoms with Crippen LogP contribution >= 0.6 is 0 Å². The molecule has 5 nitrogen and oxygen atoms in total. The zero-order valence-corrected chi connectivity index (χ0v) is 13.9. The molecule has 0 aliphatic rings. The van der Waals surface area contributed by atoms with E-state index in [1.807, 2.05) is 0 Å². The first kappa shape index (κ1) is 18.4. The quantitative estimate of drug-likeness (QED) is 0.713. The van der Waals surface area contributed by atoms with Gasteiger partial charge in [-0.15, -0.1) is 0 Å². The topological polar surface area (TPSA) is 66.9 Å². The summed E-state index contributed by atoms with van der Waals surface area (Å²) in [4.78, 5) is 20.5. The Labute approximate surface area is 153 Å². The minimum Gasteiger partial charge on any atom is -0.325 e. The molecular formula is C19H15F3N4O. The first-order valence-electron chi connectivity index (χ1n) is 7.99. The van der Waals surface area contributed by atoms with Crippen LogP contribution < -0.4 is 10.6 Å². The second-order valence-electron chi connectivity index (χ2n) is 5.65. The fourth-order valence-corrected chi connectivity index (χ4v) is 2.47. The number of rotatable bonds is 4. The zero-order valence-electron chi connectivity index (χ0n) is 13.9. The number of nitrogens with zero attached hydrogens (tertiary/aromatic N) is 2. The summed E-state index contributed by atoms with van der Waals surface area (Å²) in [6, 6.07) is 11.8. The van der Waals surface area contributed by atoms with Crippen molar-refractivity contribution in [1.82, 2.24) is 15.3 Å². The van der Waals surface area contributed by atoms with Crippen molar-refractivity contribution in [1.29, 1.82) is 0 Å². The number of hydrogen-bond acceptors (Lipinski definition) is 3. The Morgan fingerprint density at radius 2 is 1.74 bits per heavy atom. The number of nitrogens with one attached hydrogen (secondary N) is 2. The van der Waals surface area contributed by atoms with Gasteiger partial charge in [-0.05, 0) is 42.0 Å². The van der Waals surface area contributed by atoms with Crippen LogP contribution in [-0.4, -0.2) is 16.0 Å². The van der Waals surface area contributed by atoms with Gasteiger partial charge in [0.2, 0.25) is 0 Å². The molecule has 2 heterocycles. The molecule has 0 spiro atoms. The molecule has 3 rings (SSSR count). The molecule has 1 aromatic carbocycles. The molecule has 0 saturated heterocycles. The highest BCUT2D eigenvalue weighted by Gasteiger charge is 2.30. The summed E-state index contributed by atoms with van der Waals surface area (Å²) in [5.41, 5.74) is 0.703. The van der Waals surface area contributed by atoms with Crippen molar-refractivity contribution in [3.63, 3.8) is 0 Å². The number of anilines is 1. The van der Waals surface area contributed by atoms with Crippen LogP contribution in [0.2, 0.25) is 0 Å². The summed E-state index contributed by atoms with van der Waals surface area (Å²) in [6.07, 6.45) is 0.173. The molecule has 0 aliphatic carbocycles. The number of amides is 2. The summed E-state index contributed by atoms with van der Waals surface area (Å²) >= 11 is 0. The second-order valence-corrected chi connectivity index (χ2v) is 5.65. The molecule has 1 atom stereocenters. The maximum atomic E-state index is 12.8. The third-order valence-electron chi connectivity index (χ3n) is 3.75. The Hall–Kier alpha value is -3.42. The van der Waals surface area contributed by atoms with E-state index in [0.717, 1.165) is 12.1 Å². The van der Waals surface area contributed by atoms with E-state index in [1.165, 1.54) is 18.3 Å². The average molecular weight is 372 g/mol. The van der Waals surface area contributed by atoms with Crippen LogP contribution in [0.5, 0.6) is 0 Å². The fraction of sp³-hybridized carbons (Fsp3) is 0.105. The average Bonchev–Trinajstić information content (AvgIpc) is 2.67. The lowest BCUT2D eigenvalue weighted by molar-refractivity contribution is -0.137. The molecule has 0 unspecified atom stereocenters. The monoisotopic (exact) mass is 372 g/mol. The number of hydrogen-bond donors (Lipinski definition) is 2. The zero-order chi connectivity index (χ0) is 19.3. The normalized spacial score (nSPS) is 12.3. The van der Waals surface area contributed by atoms with Gasteiger partial charge in [-0.1, -0.05) is 18.2 Å². The first-order chi connectivity index (χ1) is 12.9. The molecule has 0 aliphatic heterocycles. The van der Waals surface area contributed by atoms with Crippen LogP contribution in [0.4, 0.5) is 23.7 Å². The van der Waals surface area contributed by atoms with Gasteiger partial charge in [0, 0.05) is 12.4 Å². The minimum atomic E-state index is -4.43. The number of halogens is 3. The van der Waals surface area contributed by atoms with E-state index >= 15 is 0 Å². The lowest BCUT2D eigenvalue weighted by Crippen LogP contribution is -2.33. The molecule has 3 aromatic rings. The smallest absolute Gasteiger partial charge is 0.325 e. The van der Waals surface area contributed by atoms with Crippen LogP contribution in [0.25, 0.3) is 0 Å². The first-order valence-corrected chi connectivity index (χ1v) is 7.99. The van der Waals surface area contributed by atoms with Crippen molar-refractivity contribution in [3.8, 4) is 0 Å². The van der Waals surface area contributed by atoms with Gasteiger partial charge in [0.15, 0.2) is 0 Å². The van der Waals surface area contributed by atoms with Crippen molar-refractivity contribution in [3.05, 3.63) is 90.0 Å². The van der Waals surface area contributed by atoms with Crippen LogP contribution in [-0.2, 0) is 6.18 Å². The maximum Gasteiger partial charge on any atom is 0.416 e. The highest BCUT2D eigenvalue weighted by Crippen LogP contribution is 2.30. The summed E-state index contributed by atoms with van der Waals surface area (Å²) in [5.74, 6) is 0.